The number of carbonyl (C=O) groups excluding carboxylic acids is 2. The Morgan fingerprint density at radius 1 is 0.786 bits per heavy atom. The van der Waals surface area contributed by atoms with Gasteiger partial charge in [-0.1, -0.05) is 29.8 Å². The van der Waals surface area contributed by atoms with Crippen LogP contribution in [-0.4, -0.2) is 18.9 Å². The molecule has 3 aromatic carbocycles. The van der Waals surface area contributed by atoms with Gasteiger partial charge < -0.3 is 15.4 Å². The second kappa shape index (κ2) is 8.39. The van der Waals surface area contributed by atoms with Crippen LogP contribution in [0.1, 0.15) is 31.8 Å². The van der Waals surface area contributed by atoms with Crippen molar-refractivity contribution in [3.8, 4) is 5.75 Å². The van der Waals surface area contributed by atoms with Crippen LogP contribution in [0.3, 0.4) is 0 Å². The van der Waals surface area contributed by atoms with Crippen molar-refractivity contribution in [1.82, 2.24) is 0 Å². The summed E-state index contributed by atoms with van der Waals surface area (Å²) in [5.74, 6) is 0.0943. The second-order valence-corrected chi connectivity index (χ2v) is 6.50. The Morgan fingerprint density at radius 3 is 2.14 bits per heavy atom. The van der Waals surface area contributed by atoms with E-state index in [4.69, 9.17) is 4.74 Å². The van der Waals surface area contributed by atoms with E-state index in [0.29, 0.717) is 22.6 Å². The van der Waals surface area contributed by atoms with Crippen molar-refractivity contribution in [3.05, 3.63) is 89.0 Å². The Hall–Kier alpha value is -3.60. The monoisotopic (exact) mass is 374 g/mol. The zero-order valence-corrected chi connectivity index (χ0v) is 16.1. The Labute approximate surface area is 164 Å². The van der Waals surface area contributed by atoms with E-state index in [1.54, 1.807) is 55.6 Å². The Morgan fingerprint density at radius 2 is 1.46 bits per heavy atom. The van der Waals surface area contributed by atoms with Crippen LogP contribution in [-0.2, 0) is 0 Å². The summed E-state index contributed by atoms with van der Waals surface area (Å²) in [5, 5.41) is 5.73. The van der Waals surface area contributed by atoms with E-state index < -0.39 is 0 Å². The predicted octanol–water partition coefficient (Wildman–Crippen LogP) is 4.82. The van der Waals surface area contributed by atoms with Gasteiger partial charge in [0.1, 0.15) is 5.75 Å². The number of para-hydroxylation sites is 1. The van der Waals surface area contributed by atoms with Crippen LogP contribution in [0, 0.1) is 13.8 Å². The number of rotatable bonds is 5. The minimum atomic E-state index is -0.297. The van der Waals surface area contributed by atoms with Crippen LogP contribution in [0.25, 0.3) is 0 Å². The van der Waals surface area contributed by atoms with Gasteiger partial charge in [-0.3, -0.25) is 9.59 Å². The van der Waals surface area contributed by atoms with Crippen LogP contribution in [0.2, 0.25) is 0 Å². The van der Waals surface area contributed by atoms with Gasteiger partial charge >= 0.3 is 0 Å². The number of amides is 2. The highest BCUT2D eigenvalue weighted by Gasteiger charge is 2.15. The van der Waals surface area contributed by atoms with Crippen molar-refractivity contribution in [2.45, 2.75) is 13.8 Å². The van der Waals surface area contributed by atoms with E-state index in [0.717, 1.165) is 16.8 Å². The van der Waals surface area contributed by atoms with Gasteiger partial charge in [0.05, 0.1) is 18.4 Å². The molecule has 0 aliphatic heterocycles. The fraction of sp³-hybridized carbons (Fsp3) is 0.130. The molecule has 0 aromatic heterocycles. The predicted molar refractivity (Wildman–Crippen MR) is 111 cm³/mol. The van der Waals surface area contributed by atoms with E-state index in [-0.39, 0.29) is 11.8 Å². The van der Waals surface area contributed by atoms with Crippen molar-refractivity contribution >= 4 is 23.2 Å². The largest absolute Gasteiger partial charge is 0.497 e. The molecule has 0 heterocycles. The molecule has 5 heteroatoms. The third-order valence-electron chi connectivity index (χ3n) is 4.40. The van der Waals surface area contributed by atoms with Crippen molar-refractivity contribution in [3.63, 3.8) is 0 Å². The zero-order chi connectivity index (χ0) is 20.1. The molecule has 28 heavy (non-hydrogen) atoms. The highest BCUT2D eigenvalue weighted by atomic mass is 16.5. The number of anilines is 2. The summed E-state index contributed by atoms with van der Waals surface area (Å²) in [7, 11) is 1.57. The molecular formula is C23H22N2O3. The molecule has 0 atom stereocenters. The molecule has 0 spiro atoms. The highest BCUT2D eigenvalue weighted by molar-refractivity contribution is 6.12. The van der Waals surface area contributed by atoms with Crippen LogP contribution in [0.4, 0.5) is 11.4 Å². The molecule has 3 aromatic rings. The third kappa shape index (κ3) is 4.38. The van der Waals surface area contributed by atoms with Crippen molar-refractivity contribution < 1.29 is 14.3 Å². The van der Waals surface area contributed by atoms with E-state index in [1.165, 1.54) is 0 Å². The number of hydrogen-bond donors (Lipinski definition) is 2. The normalized spacial score (nSPS) is 10.2. The van der Waals surface area contributed by atoms with Gasteiger partial charge in [-0.05, 0) is 61.9 Å². The van der Waals surface area contributed by atoms with Gasteiger partial charge in [-0.2, -0.15) is 0 Å². The molecule has 0 fully saturated rings. The molecule has 2 amide bonds. The van der Waals surface area contributed by atoms with Gasteiger partial charge in [0, 0.05) is 11.3 Å². The molecule has 3 rings (SSSR count). The number of aryl methyl sites for hydroxylation is 2. The number of hydrogen-bond acceptors (Lipinski definition) is 3. The van der Waals surface area contributed by atoms with Gasteiger partial charge in [0.25, 0.3) is 11.8 Å². The van der Waals surface area contributed by atoms with E-state index >= 15 is 0 Å². The molecule has 0 radical (unpaired) electrons. The molecule has 0 aliphatic carbocycles. The summed E-state index contributed by atoms with van der Waals surface area (Å²) in [4.78, 5) is 25.3. The lowest BCUT2D eigenvalue weighted by Gasteiger charge is -2.13. The Kier molecular flexibility index (Phi) is 5.75. The first-order valence-corrected chi connectivity index (χ1v) is 8.91. The molecule has 0 saturated heterocycles. The van der Waals surface area contributed by atoms with E-state index in [2.05, 4.69) is 10.6 Å². The van der Waals surface area contributed by atoms with Crippen LogP contribution < -0.4 is 15.4 Å². The Balaban J connectivity index is 1.80. The van der Waals surface area contributed by atoms with Crippen molar-refractivity contribution in [2.75, 3.05) is 17.7 Å². The first kappa shape index (κ1) is 19.2. The fourth-order valence-electron chi connectivity index (χ4n) is 2.87. The molecule has 0 bridgehead atoms. The van der Waals surface area contributed by atoms with Gasteiger partial charge in [0.2, 0.25) is 0 Å². The lowest BCUT2D eigenvalue weighted by Crippen LogP contribution is -2.18. The second-order valence-electron chi connectivity index (χ2n) is 6.50. The number of methoxy groups -OCH3 is 1. The first-order chi connectivity index (χ1) is 13.5. The van der Waals surface area contributed by atoms with Gasteiger partial charge in [-0.25, -0.2) is 0 Å². The van der Waals surface area contributed by atoms with Gasteiger partial charge in [-0.15, -0.1) is 0 Å². The lowest BCUT2D eigenvalue weighted by atomic mass is 10.1. The number of benzene rings is 3. The molecule has 0 unspecified atom stereocenters. The lowest BCUT2D eigenvalue weighted by molar-refractivity contribution is 0.102. The molecular weight excluding hydrogens is 352 g/mol. The summed E-state index contributed by atoms with van der Waals surface area (Å²) >= 11 is 0. The summed E-state index contributed by atoms with van der Waals surface area (Å²) in [6.07, 6.45) is 0. The molecule has 2 N–H and O–H groups in total. The summed E-state index contributed by atoms with van der Waals surface area (Å²) in [6, 6.07) is 19.5. The highest BCUT2D eigenvalue weighted by Crippen LogP contribution is 2.21. The molecule has 0 saturated carbocycles. The molecule has 142 valence electrons. The summed E-state index contributed by atoms with van der Waals surface area (Å²) < 4.78 is 5.11. The van der Waals surface area contributed by atoms with E-state index in [9.17, 15) is 9.59 Å². The number of nitrogens with one attached hydrogen (secondary N) is 2. The Bertz CT molecular complexity index is 1010. The molecule has 5 nitrogen and oxygen atoms in total. The fourth-order valence-corrected chi connectivity index (χ4v) is 2.87. The average molecular weight is 374 g/mol. The maximum Gasteiger partial charge on any atom is 0.257 e. The standard InChI is InChI=1S/C23H22N2O3/c1-15-8-13-20(16(2)14-15)24-23(27)19-6-4-5-7-21(19)25-22(26)17-9-11-18(28-3)12-10-17/h4-14H,1-3H3,(H,24,27)(H,25,26). The number of carbonyl (C=O) groups is 2. The van der Waals surface area contributed by atoms with Crippen molar-refractivity contribution in [1.29, 1.82) is 0 Å². The topological polar surface area (TPSA) is 67.4 Å². The summed E-state index contributed by atoms with van der Waals surface area (Å²) in [5.41, 5.74) is 4.17. The van der Waals surface area contributed by atoms with Crippen molar-refractivity contribution in [2.24, 2.45) is 0 Å². The van der Waals surface area contributed by atoms with Crippen LogP contribution >= 0.6 is 0 Å². The first-order valence-electron chi connectivity index (χ1n) is 8.91. The third-order valence-corrected chi connectivity index (χ3v) is 4.40. The summed E-state index contributed by atoms with van der Waals surface area (Å²) in [6.45, 7) is 3.95. The smallest absolute Gasteiger partial charge is 0.257 e. The maximum atomic E-state index is 12.8. The SMILES string of the molecule is COc1ccc(C(=O)Nc2ccccc2C(=O)Nc2ccc(C)cc2C)cc1. The van der Waals surface area contributed by atoms with Gasteiger partial charge in [0.15, 0.2) is 0 Å². The van der Waals surface area contributed by atoms with E-state index in [1.807, 2.05) is 32.0 Å². The minimum Gasteiger partial charge on any atom is -0.497 e. The minimum absolute atomic E-state index is 0.280. The quantitative estimate of drug-likeness (QED) is 0.673. The zero-order valence-electron chi connectivity index (χ0n) is 16.1. The average Bonchev–Trinajstić information content (AvgIpc) is 2.70. The van der Waals surface area contributed by atoms with Crippen LogP contribution in [0.15, 0.2) is 66.7 Å². The molecule has 0 aliphatic rings. The maximum absolute atomic E-state index is 12.8. The van der Waals surface area contributed by atoms with Crippen LogP contribution in [0.5, 0.6) is 5.75 Å². The number of ether oxygens (including phenoxy) is 1.